The Labute approximate surface area is 86.6 Å². The molecule has 0 fully saturated rings. The Morgan fingerprint density at radius 1 is 1.29 bits per heavy atom. The molecule has 0 amide bonds. The van der Waals surface area contributed by atoms with E-state index in [1.54, 1.807) is 20.8 Å². The van der Waals surface area contributed by atoms with Gasteiger partial charge in [0.15, 0.2) is 9.84 Å². The third-order valence-corrected chi connectivity index (χ3v) is 3.65. The van der Waals surface area contributed by atoms with Crippen LogP contribution in [0.2, 0.25) is 0 Å². The number of rotatable bonds is 7. The van der Waals surface area contributed by atoms with Crippen molar-refractivity contribution < 1.29 is 13.5 Å². The van der Waals surface area contributed by atoms with Gasteiger partial charge in [-0.2, -0.15) is 0 Å². The number of aliphatic hydroxyl groups is 1. The normalized spacial score (nSPS) is 13.1. The predicted octanol–water partition coefficient (Wildman–Crippen LogP) is 0.172. The first kappa shape index (κ1) is 13.9. The number of hydrogen-bond acceptors (Lipinski definition) is 4. The minimum atomic E-state index is -2.86. The van der Waals surface area contributed by atoms with Crippen molar-refractivity contribution in [2.24, 2.45) is 0 Å². The van der Waals surface area contributed by atoms with Gasteiger partial charge < -0.3 is 10.4 Å². The quantitative estimate of drug-likeness (QED) is 0.604. The van der Waals surface area contributed by atoms with Crippen molar-refractivity contribution in [1.29, 1.82) is 0 Å². The summed E-state index contributed by atoms with van der Waals surface area (Å²) in [7, 11) is -2.86. The lowest BCUT2D eigenvalue weighted by Crippen LogP contribution is -2.30. The monoisotopic (exact) mass is 223 g/mol. The van der Waals surface area contributed by atoms with E-state index in [0.717, 1.165) is 0 Å². The van der Waals surface area contributed by atoms with E-state index in [0.29, 0.717) is 19.5 Å². The highest BCUT2D eigenvalue weighted by Crippen LogP contribution is 2.04. The van der Waals surface area contributed by atoms with Gasteiger partial charge in [0.2, 0.25) is 0 Å². The molecule has 0 aliphatic rings. The Bertz CT molecular complexity index is 241. The number of nitrogens with one attached hydrogen (secondary N) is 1. The minimum Gasteiger partial charge on any atom is -0.390 e. The molecular weight excluding hydrogens is 202 g/mol. The van der Waals surface area contributed by atoms with E-state index in [4.69, 9.17) is 0 Å². The molecule has 0 aromatic rings. The van der Waals surface area contributed by atoms with Crippen molar-refractivity contribution in [3.05, 3.63) is 0 Å². The highest BCUT2D eigenvalue weighted by molar-refractivity contribution is 7.91. The molecule has 0 aromatic heterocycles. The van der Waals surface area contributed by atoms with Crippen molar-refractivity contribution in [3.63, 3.8) is 0 Å². The van der Waals surface area contributed by atoms with E-state index in [1.807, 2.05) is 0 Å². The zero-order valence-electron chi connectivity index (χ0n) is 9.21. The first-order valence-corrected chi connectivity index (χ1v) is 6.72. The zero-order valence-corrected chi connectivity index (χ0v) is 10.0. The highest BCUT2D eigenvalue weighted by atomic mass is 32.2. The van der Waals surface area contributed by atoms with E-state index < -0.39 is 15.4 Å². The molecule has 0 radical (unpaired) electrons. The van der Waals surface area contributed by atoms with Gasteiger partial charge >= 0.3 is 0 Å². The van der Waals surface area contributed by atoms with Crippen molar-refractivity contribution in [2.75, 3.05) is 24.6 Å². The molecule has 0 saturated carbocycles. The first-order valence-electron chi connectivity index (χ1n) is 4.90. The van der Waals surface area contributed by atoms with Gasteiger partial charge in [-0.25, -0.2) is 8.42 Å². The molecule has 86 valence electrons. The lowest BCUT2D eigenvalue weighted by atomic mass is 10.1. The molecule has 0 heterocycles. The maximum atomic E-state index is 11.1. The van der Waals surface area contributed by atoms with Crippen LogP contribution in [0, 0.1) is 0 Å². The Morgan fingerprint density at radius 2 is 1.86 bits per heavy atom. The summed E-state index contributed by atoms with van der Waals surface area (Å²) in [6.07, 6.45) is 0.624. The van der Waals surface area contributed by atoms with E-state index in [9.17, 15) is 13.5 Å². The second-order valence-electron chi connectivity index (χ2n) is 4.05. The Morgan fingerprint density at radius 3 is 2.29 bits per heavy atom. The average Bonchev–Trinajstić information content (AvgIpc) is 2.01. The fourth-order valence-corrected chi connectivity index (χ4v) is 1.64. The van der Waals surface area contributed by atoms with Crippen LogP contribution in [0.5, 0.6) is 0 Å². The molecule has 0 aliphatic heterocycles. The fraction of sp³-hybridized carbons (Fsp3) is 1.00. The van der Waals surface area contributed by atoms with Crippen molar-refractivity contribution >= 4 is 9.84 Å². The number of sulfone groups is 1. The smallest absolute Gasteiger partial charge is 0.151 e. The zero-order chi connectivity index (χ0) is 11.2. The standard InChI is InChI=1S/C9H21NO3S/c1-4-14(12,13)8-7-10-6-5-9(2,3)11/h10-11H,4-8H2,1-3H3. The molecule has 0 aromatic carbocycles. The topological polar surface area (TPSA) is 66.4 Å². The summed E-state index contributed by atoms with van der Waals surface area (Å²) in [5.74, 6) is 0.371. The summed E-state index contributed by atoms with van der Waals surface area (Å²) in [5.41, 5.74) is -0.684. The molecule has 0 bridgehead atoms. The molecule has 0 saturated heterocycles. The third-order valence-electron chi connectivity index (χ3n) is 1.94. The Balaban J connectivity index is 3.49. The second-order valence-corrected chi connectivity index (χ2v) is 6.52. The van der Waals surface area contributed by atoms with Gasteiger partial charge in [0.25, 0.3) is 0 Å². The molecule has 0 rings (SSSR count). The van der Waals surface area contributed by atoms with Crippen LogP contribution in [0.4, 0.5) is 0 Å². The fourth-order valence-electron chi connectivity index (χ4n) is 0.891. The van der Waals surface area contributed by atoms with Crippen LogP contribution >= 0.6 is 0 Å². The van der Waals surface area contributed by atoms with Crippen LogP contribution in [0.3, 0.4) is 0 Å². The van der Waals surface area contributed by atoms with Crippen molar-refractivity contribution in [3.8, 4) is 0 Å². The van der Waals surface area contributed by atoms with Crippen LogP contribution in [-0.4, -0.2) is 43.7 Å². The predicted molar refractivity (Wildman–Crippen MR) is 58.1 cm³/mol. The largest absolute Gasteiger partial charge is 0.390 e. The molecule has 5 heteroatoms. The summed E-state index contributed by atoms with van der Waals surface area (Å²) in [6.45, 7) is 6.22. The van der Waals surface area contributed by atoms with Crippen LogP contribution < -0.4 is 5.32 Å². The van der Waals surface area contributed by atoms with Gasteiger partial charge in [0, 0.05) is 12.3 Å². The highest BCUT2D eigenvalue weighted by Gasteiger charge is 2.11. The van der Waals surface area contributed by atoms with Gasteiger partial charge in [-0.15, -0.1) is 0 Å². The van der Waals surface area contributed by atoms with Crippen LogP contribution in [0.15, 0.2) is 0 Å². The lowest BCUT2D eigenvalue weighted by molar-refractivity contribution is 0.0714. The van der Waals surface area contributed by atoms with Gasteiger partial charge in [0.05, 0.1) is 11.4 Å². The second kappa shape index (κ2) is 5.68. The molecule has 0 spiro atoms. The van der Waals surface area contributed by atoms with Crippen LogP contribution in [0.1, 0.15) is 27.2 Å². The minimum absolute atomic E-state index is 0.176. The molecule has 0 aliphatic carbocycles. The summed E-state index contributed by atoms with van der Waals surface area (Å²) in [5, 5.41) is 12.4. The summed E-state index contributed by atoms with van der Waals surface area (Å²) >= 11 is 0. The summed E-state index contributed by atoms with van der Waals surface area (Å²) < 4.78 is 22.1. The SMILES string of the molecule is CCS(=O)(=O)CCNCCC(C)(C)O. The Hall–Kier alpha value is -0.130. The summed E-state index contributed by atoms with van der Waals surface area (Å²) in [6, 6.07) is 0. The third kappa shape index (κ3) is 8.47. The average molecular weight is 223 g/mol. The van der Waals surface area contributed by atoms with Crippen molar-refractivity contribution in [2.45, 2.75) is 32.8 Å². The van der Waals surface area contributed by atoms with Gasteiger partial charge in [-0.05, 0) is 26.8 Å². The number of hydrogen-bond donors (Lipinski definition) is 2. The first-order chi connectivity index (χ1) is 6.27. The van der Waals surface area contributed by atoms with Gasteiger partial charge in [-0.3, -0.25) is 0 Å². The summed E-state index contributed by atoms with van der Waals surface area (Å²) in [4.78, 5) is 0. The molecule has 0 unspecified atom stereocenters. The van der Waals surface area contributed by atoms with Gasteiger partial charge in [0.1, 0.15) is 0 Å². The van der Waals surface area contributed by atoms with E-state index in [-0.39, 0.29) is 11.5 Å². The molecule has 4 nitrogen and oxygen atoms in total. The van der Waals surface area contributed by atoms with Crippen LogP contribution in [0.25, 0.3) is 0 Å². The molecule has 14 heavy (non-hydrogen) atoms. The lowest BCUT2D eigenvalue weighted by Gasteiger charge is -2.16. The maximum Gasteiger partial charge on any atom is 0.151 e. The molecule has 2 N–H and O–H groups in total. The van der Waals surface area contributed by atoms with Gasteiger partial charge in [-0.1, -0.05) is 6.92 Å². The maximum absolute atomic E-state index is 11.1. The molecular formula is C9H21NO3S. The van der Waals surface area contributed by atoms with E-state index in [2.05, 4.69) is 5.32 Å². The van der Waals surface area contributed by atoms with E-state index in [1.165, 1.54) is 0 Å². The Kier molecular flexibility index (Phi) is 5.63. The van der Waals surface area contributed by atoms with E-state index >= 15 is 0 Å². The van der Waals surface area contributed by atoms with Crippen LogP contribution in [-0.2, 0) is 9.84 Å². The molecule has 0 atom stereocenters. The van der Waals surface area contributed by atoms with Crippen molar-refractivity contribution in [1.82, 2.24) is 5.32 Å².